The maximum Gasteiger partial charge on any atom is 0.313 e. The predicted molar refractivity (Wildman–Crippen MR) is 203 cm³/mol. The summed E-state index contributed by atoms with van der Waals surface area (Å²) in [5.74, 6) is -3.96. The van der Waals surface area contributed by atoms with Gasteiger partial charge >= 0.3 is 5.97 Å². The molecule has 1 spiro atoms. The third-order valence-corrected chi connectivity index (χ3v) is 12.0. The third kappa shape index (κ3) is 6.32. The van der Waals surface area contributed by atoms with Crippen LogP contribution in [-0.2, 0) is 28.7 Å². The van der Waals surface area contributed by atoms with Crippen LogP contribution < -0.4 is 4.90 Å². The molecule has 0 radical (unpaired) electrons. The van der Waals surface area contributed by atoms with Crippen molar-refractivity contribution < 1.29 is 33.8 Å². The molecule has 11 heteroatoms. The molecule has 0 unspecified atom stereocenters. The van der Waals surface area contributed by atoms with Gasteiger partial charge in [0.05, 0.1) is 24.6 Å². The minimum Gasteiger partial charge on any atom is -0.455 e. The third-order valence-electron chi connectivity index (χ3n) is 11.3. The molecule has 8 atom stereocenters. The van der Waals surface area contributed by atoms with E-state index in [0.717, 1.165) is 11.1 Å². The van der Waals surface area contributed by atoms with Gasteiger partial charge in [-0.1, -0.05) is 101 Å². The van der Waals surface area contributed by atoms with Gasteiger partial charge in [0.25, 0.3) is 5.91 Å². The number of likely N-dealkylation sites (tertiary alicyclic amines) is 1. The van der Waals surface area contributed by atoms with Crippen molar-refractivity contribution >= 4 is 45.3 Å². The molecule has 1 N–H and O–H groups in total. The fourth-order valence-corrected chi connectivity index (χ4v) is 9.17. The number of aryl methyl sites for hydroxylation is 2. The van der Waals surface area contributed by atoms with E-state index in [1.54, 1.807) is 22.9 Å². The summed E-state index contributed by atoms with van der Waals surface area (Å²) in [6.45, 7) is 5.39. The van der Waals surface area contributed by atoms with Crippen LogP contribution in [0, 0.1) is 25.7 Å². The smallest absolute Gasteiger partial charge is 0.313 e. The number of esters is 1. The van der Waals surface area contributed by atoms with E-state index in [1.165, 1.54) is 4.90 Å². The molecule has 3 aromatic carbocycles. The van der Waals surface area contributed by atoms with Crippen LogP contribution in [0.1, 0.15) is 54.2 Å². The van der Waals surface area contributed by atoms with Gasteiger partial charge in [0.1, 0.15) is 29.8 Å². The van der Waals surface area contributed by atoms with E-state index in [1.807, 2.05) is 112 Å². The van der Waals surface area contributed by atoms with Crippen LogP contribution in [0.5, 0.6) is 0 Å². The molecule has 3 aromatic rings. The summed E-state index contributed by atoms with van der Waals surface area (Å²) in [4.78, 5) is 63.5. The molecule has 53 heavy (non-hydrogen) atoms. The summed E-state index contributed by atoms with van der Waals surface area (Å²) in [6, 6.07) is 21.5. The summed E-state index contributed by atoms with van der Waals surface area (Å²) in [7, 11) is 1.70. The molecule has 4 aliphatic rings. The lowest BCUT2D eigenvalue weighted by molar-refractivity contribution is -0.164. The SMILES string of the molecule is Cc1ccc(C)c(N2C/C=C\CCC(=O)N(C)[C@H](C)[C@@H](c3ccccc3)OC(=O)[C@@H]3[C@H]4O[C@@]5(C=C4Br)[C@H](C2=O)N([C@H](CO)c2ccccc2)C(=O)[C@@H]35)c1. The zero-order valence-electron chi connectivity index (χ0n) is 30.2. The van der Waals surface area contributed by atoms with Gasteiger partial charge in [-0.25, -0.2) is 0 Å². The summed E-state index contributed by atoms with van der Waals surface area (Å²) in [5, 5.41) is 11.0. The molecule has 5 bridgehead atoms. The number of amides is 3. The number of carbonyl (C=O) groups is 4. The number of aliphatic hydroxyl groups is 1. The van der Waals surface area contributed by atoms with Crippen LogP contribution in [0.4, 0.5) is 5.69 Å². The first kappa shape index (κ1) is 36.8. The van der Waals surface area contributed by atoms with Gasteiger partial charge < -0.3 is 29.3 Å². The van der Waals surface area contributed by atoms with Crippen molar-refractivity contribution in [3.63, 3.8) is 0 Å². The lowest BCUT2D eigenvalue weighted by Gasteiger charge is -2.39. The first-order chi connectivity index (χ1) is 25.5. The zero-order valence-corrected chi connectivity index (χ0v) is 31.8. The first-order valence-electron chi connectivity index (χ1n) is 18.1. The number of anilines is 1. The van der Waals surface area contributed by atoms with Gasteiger partial charge in [-0.05, 0) is 61.6 Å². The molecule has 0 aromatic heterocycles. The van der Waals surface area contributed by atoms with Gasteiger partial charge in [0.2, 0.25) is 11.8 Å². The Morgan fingerprint density at radius 1 is 0.925 bits per heavy atom. The summed E-state index contributed by atoms with van der Waals surface area (Å²) < 4.78 is 13.7. The van der Waals surface area contributed by atoms with Crippen LogP contribution in [0.25, 0.3) is 0 Å². The Balaban J connectivity index is 1.41. The lowest BCUT2D eigenvalue weighted by Crippen LogP contribution is -2.57. The zero-order chi connectivity index (χ0) is 37.6. The van der Waals surface area contributed by atoms with E-state index in [-0.39, 0.29) is 18.9 Å². The molecule has 4 heterocycles. The average molecular weight is 783 g/mol. The number of aliphatic hydroxyl groups excluding tert-OH is 1. The van der Waals surface area contributed by atoms with E-state index in [9.17, 15) is 14.7 Å². The molecule has 7 rings (SSSR count). The average Bonchev–Trinajstić information content (AvgIpc) is 3.76. The van der Waals surface area contributed by atoms with E-state index < -0.39 is 72.2 Å². The number of benzene rings is 3. The molecule has 276 valence electrons. The Bertz CT molecular complexity index is 1970. The van der Waals surface area contributed by atoms with E-state index in [2.05, 4.69) is 15.9 Å². The molecule has 2 saturated heterocycles. The Labute approximate surface area is 318 Å². The van der Waals surface area contributed by atoms with Crippen molar-refractivity contribution in [1.29, 1.82) is 0 Å². The van der Waals surface area contributed by atoms with E-state index in [0.29, 0.717) is 27.7 Å². The molecule has 0 saturated carbocycles. The Morgan fingerprint density at radius 3 is 2.32 bits per heavy atom. The molecule has 3 amide bonds. The van der Waals surface area contributed by atoms with Gasteiger partial charge in [-0.2, -0.15) is 0 Å². The number of nitrogens with zero attached hydrogens (tertiary/aromatic N) is 3. The van der Waals surface area contributed by atoms with Crippen molar-refractivity contribution in [1.82, 2.24) is 9.80 Å². The highest BCUT2D eigenvalue weighted by atomic mass is 79.9. The van der Waals surface area contributed by atoms with Gasteiger partial charge in [-0.3, -0.25) is 19.2 Å². The Kier molecular flexibility index (Phi) is 10.2. The van der Waals surface area contributed by atoms with Crippen LogP contribution in [0.2, 0.25) is 0 Å². The lowest BCUT2D eigenvalue weighted by atomic mass is 9.74. The highest BCUT2D eigenvalue weighted by Crippen LogP contribution is 2.60. The maximum absolute atomic E-state index is 15.5. The highest BCUT2D eigenvalue weighted by Gasteiger charge is 2.75. The number of hydrogen-bond acceptors (Lipinski definition) is 7. The Hall–Kier alpha value is -4.58. The minimum atomic E-state index is -1.56. The van der Waals surface area contributed by atoms with Crippen LogP contribution in [0.3, 0.4) is 0 Å². The van der Waals surface area contributed by atoms with Crippen LogP contribution in [0.15, 0.2) is 102 Å². The molecular weight excluding hydrogens is 738 g/mol. The molecule has 2 fully saturated rings. The minimum absolute atomic E-state index is 0.125. The number of fused-ring (bicyclic) bond motifs is 2. The number of allylic oxidation sites excluding steroid dienone is 1. The van der Waals surface area contributed by atoms with Gasteiger partial charge in [0, 0.05) is 30.2 Å². The summed E-state index contributed by atoms with van der Waals surface area (Å²) >= 11 is 3.65. The Morgan fingerprint density at radius 2 is 1.62 bits per heavy atom. The number of halogens is 1. The second-order valence-corrected chi connectivity index (χ2v) is 15.4. The maximum atomic E-state index is 15.5. The number of carbonyl (C=O) groups excluding carboxylic acids is 4. The highest BCUT2D eigenvalue weighted by molar-refractivity contribution is 9.11. The van der Waals surface area contributed by atoms with Crippen molar-refractivity contribution in [3.8, 4) is 0 Å². The van der Waals surface area contributed by atoms with E-state index in [4.69, 9.17) is 9.47 Å². The van der Waals surface area contributed by atoms with Gasteiger partial charge in [-0.15, -0.1) is 0 Å². The first-order valence-corrected chi connectivity index (χ1v) is 18.9. The molecule has 10 nitrogen and oxygen atoms in total. The number of ether oxygens (including phenoxy) is 2. The topological polar surface area (TPSA) is 117 Å². The fourth-order valence-electron chi connectivity index (χ4n) is 8.44. The monoisotopic (exact) mass is 781 g/mol. The number of rotatable bonds is 5. The van der Waals surface area contributed by atoms with Gasteiger partial charge in [0.15, 0.2) is 0 Å². The second kappa shape index (κ2) is 14.7. The molecule has 0 aliphatic carbocycles. The van der Waals surface area contributed by atoms with Crippen LogP contribution >= 0.6 is 15.9 Å². The molecular formula is C42H44BrN3O7. The van der Waals surface area contributed by atoms with Crippen molar-refractivity contribution in [2.75, 3.05) is 25.1 Å². The van der Waals surface area contributed by atoms with Crippen molar-refractivity contribution in [2.45, 2.75) is 69.5 Å². The number of likely N-dealkylation sites (N-methyl/N-ethyl adjacent to an activating group) is 1. The summed E-state index contributed by atoms with van der Waals surface area (Å²) in [5.41, 5.74) is 2.23. The number of hydrogen-bond donors (Lipinski definition) is 1. The summed E-state index contributed by atoms with van der Waals surface area (Å²) in [6.07, 6.45) is 4.40. The van der Waals surface area contributed by atoms with Crippen molar-refractivity contribution in [3.05, 3.63) is 124 Å². The normalized spacial score (nSPS) is 30.3. The largest absolute Gasteiger partial charge is 0.455 e. The van der Waals surface area contributed by atoms with Crippen LogP contribution in [-0.4, -0.2) is 82.6 Å². The predicted octanol–water partition coefficient (Wildman–Crippen LogP) is 5.72. The van der Waals surface area contributed by atoms with E-state index >= 15 is 9.59 Å². The standard InChI is InChI=1S/C42H44BrN3O7/c1-25-19-20-26(2)31(22-25)45-21-13-7-12-18-33(48)44(4)27(3)36(29-16-10-6-11-17-29)52-41(51)34-35-39(49)46(32(24-47)28-14-8-5-9-15-28)38(40(45)50)42(35)23-30(43)37(34)53-42/h5-11,13-17,19-20,22-23,27,32,34-38,47H,12,18,21,24H2,1-4H3/b13-7-/t27-,32-,34+,35-,36+,37+,38+,42-/m1/s1. The quantitative estimate of drug-likeness (QED) is 0.260. The van der Waals surface area contributed by atoms with Crippen molar-refractivity contribution in [2.24, 2.45) is 11.8 Å². The molecule has 4 aliphatic heterocycles. The second-order valence-electron chi connectivity index (χ2n) is 14.4. The number of cyclic esters (lactones) is 1. The fraction of sp³-hybridized carbons (Fsp3) is 0.381.